The maximum atomic E-state index is 15.0. The molecule has 6 heterocycles. The van der Waals surface area contributed by atoms with Gasteiger partial charge in [-0.05, 0) is 118 Å². The lowest BCUT2D eigenvalue weighted by Crippen LogP contribution is -2.40. The topological polar surface area (TPSA) is 147 Å². The monoisotopic (exact) mass is 821 g/mol. The lowest BCUT2D eigenvalue weighted by molar-refractivity contribution is -0.134. The Labute approximate surface area is 352 Å². The Morgan fingerprint density at radius 2 is 1.70 bits per heavy atom. The lowest BCUT2D eigenvalue weighted by Gasteiger charge is -2.35. The molecule has 3 aromatic heterocycles. The highest BCUT2D eigenvalue weighted by Gasteiger charge is 2.32. The van der Waals surface area contributed by atoms with Crippen LogP contribution in [0.2, 0.25) is 0 Å². The largest absolute Gasteiger partial charge is 0.339 e. The molecule has 1 atom stereocenters. The number of aromatic nitrogens is 5. The van der Waals surface area contributed by atoms with Gasteiger partial charge in [0.25, 0.3) is 11.5 Å². The van der Waals surface area contributed by atoms with E-state index in [0.717, 1.165) is 74.5 Å². The summed E-state index contributed by atoms with van der Waals surface area (Å²) in [5.41, 5.74) is 5.23. The number of piperidine rings is 3. The van der Waals surface area contributed by atoms with Crippen molar-refractivity contribution < 1.29 is 18.8 Å². The van der Waals surface area contributed by atoms with Crippen molar-refractivity contribution in [2.75, 3.05) is 38.0 Å². The minimum atomic E-state index is -0.596. The molecule has 6 aromatic rings. The number of rotatable bonds is 10. The van der Waals surface area contributed by atoms with E-state index < -0.39 is 11.7 Å². The Hall–Kier alpha value is -6.54. The van der Waals surface area contributed by atoms with E-state index in [0.29, 0.717) is 60.3 Å². The van der Waals surface area contributed by atoms with E-state index >= 15 is 4.39 Å². The van der Waals surface area contributed by atoms with Gasteiger partial charge in [-0.25, -0.2) is 14.4 Å². The van der Waals surface area contributed by atoms with Crippen LogP contribution < -0.4 is 16.2 Å². The predicted molar refractivity (Wildman–Crippen MR) is 230 cm³/mol. The molecular formula is C47H48FN9O4. The number of hydrogen-bond acceptors (Lipinski definition) is 9. The molecule has 9 rings (SSSR count). The molecule has 13 nitrogen and oxygen atoms in total. The van der Waals surface area contributed by atoms with Crippen LogP contribution in [0.1, 0.15) is 78.4 Å². The van der Waals surface area contributed by atoms with E-state index in [1.54, 1.807) is 48.7 Å². The first-order valence-electron chi connectivity index (χ1n) is 21.2. The maximum Gasteiger partial charge on any atom is 0.255 e. The number of fused-ring (bicyclic) bond motifs is 1. The molecule has 3 saturated heterocycles. The van der Waals surface area contributed by atoms with Gasteiger partial charge >= 0.3 is 0 Å². The molecule has 3 aliphatic rings. The van der Waals surface area contributed by atoms with Crippen molar-refractivity contribution in [2.45, 2.75) is 56.8 Å². The first kappa shape index (κ1) is 39.9. The van der Waals surface area contributed by atoms with E-state index in [4.69, 9.17) is 5.10 Å². The van der Waals surface area contributed by atoms with Gasteiger partial charge in [0, 0.05) is 66.7 Å². The average Bonchev–Trinajstić information content (AvgIpc) is 3.61. The molecule has 3 amide bonds. The zero-order chi connectivity index (χ0) is 42.0. The molecule has 0 saturated carbocycles. The summed E-state index contributed by atoms with van der Waals surface area (Å²) < 4.78 is 18.4. The number of imide groups is 1. The number of hydrogen-bond donors (Lipinski definition) is 2. The normalized spacial score (nSPS) is 18.1. The molecule has 0 aliphatic carbocycles. The van der Waals surface area contributed by atoms with Gasteiger partial charge in [-0.3, -0.25) is 33.7 Å². The second-order valence-corrected chi connectivity index (χ2v) is 16.5. The van der Waals surface area contributed by atoms with Crippen molar-refractivity contribution in [1.82, 2.24) is 39.4 Å². The third kappa shape index (κ3) is 8.58. The highest BCUT2D eigenvalue weighted by molar-refractivity contribution is 6.02. The standard InChI is InChI=1S/C47H48FN9O4/c1-54-40-28-32(11-12-37(40)44(53-54)38-13-14-41(58)51-45(38)60)31-18-22-55(23-19-31)21-15-30-16-24-56(25-17-30)46(61)34-7-4-8-35(26-34)50-47-49-29-39(48)43(52-47)33-6-5-9-36(27-33)57-20-3-2-10-42(57)59/h2-12,20,26-31,38H,13-19,21-25H2,1H3,(H,49,50,52)(H,51,58,60). The second kappa shape index (κ2) is 17.2. The van der Waals surface area contributed by atoms with Crippen LogP contribution >= 0.6 is 0 Å². The van der Waals surface area contributed by atoms with Crippen LogP contribution in [0.5, 0.6) is 0 Å². The molecule has 3 fully saturated rings. The van der Waals surface area contributed by atoms with Crippen LogP contribution in [0.25, 0.3) is 27.8 Å². The minimum absolute atomic E-state index is 0.0191. The fourth-order valence-electron chi connectivity index (χ4n) is 9.16. The molecule has 0 spiro atoms. The molecule has 3 aromatic carbocycles. The number of likely N-dealkylation sites (tertiary alicyclic amines) is 2. The Kier molecular flexibility index (Phi) is 11.3. The first-order valence-corrected chi connectivity index (χ1v) is 21.2. The number of nitrogens with one attached hydrogen (secondary N) is 2. The Morgan fingerprint density at radius 3 is 2.51 bits per heavy atom. The van der Waals surface area contributed by atoms with Gasteiger partial charge in [0.05, 0.1) is 23.3 Å². The second-order valence-electron chi connectivity index (χ2n) is 16.5. The third-order valence-electron chi connectivity index (χ3n) is 12.6. The van der Waals surface area contributed by atoms with Crippen molar-refractivity contribution in [3.8, 4) is 16.9 Å². The lowest BCUT2D eigenvalue weighted by atomic mass is 9.87. The number of carbonyl (C=O) groups excluding carboxylic acids is 3. The number of carbonyl (C=O) groups is 3. The first-order chi connectivity index (χ1) is 29.7. The van der Waals surface area contributed by atoms with Crippen LogP contribution in [0.3, 0.4) is 0 Å². The van der Waals surface area contributed by atoms with Crippen LogP contribution in [0, 0.1) is 11.7 Å². The minimum Gasteiger partial charge on any atom is -0.339 e. The SMILES string of the molecule is Cn1nc(C2CCC(=O)NC2=O)c2ccc(C3CCN(CCC4CCN(C(=O)c5cccc(Nc6ncc(F)c(-c7cccc(-n8ccccc8=O)c7)n6)c5)CC4)CC3)cc21. The third-order valence-corrected chi connectivity index (χ3v) is 12.6. The van der Waals surface area contributed by atoms with E-state index in [9.17, 15) is 19.2 Å². The molecule has 0 bridgehead atoms. The molecule has 3 aliphatic heterocycles. The number of benzene rings is 3. The van der Waals surface area contributed by atoms with Gasteiger partial charge in [-0.2, -0.15) is 5.10 Å². The van der Waals surface area contributed by atoms with E-state index in [2.05, 4.69) is 43.7 Å². The Morgan fingerprint density at radius 1 is 0.885 bits per heavy atom. The summed E-state index contributed by atoms with van der Waals surface area (Å²) in [7, 11) is 1.92. The van der Waals surface area contributed by atoms with Gasteiger partial charge in [0.2, 0.25) is 17.8 Å². The van der Waals surface area contributed by atoms with Crippen LogP contribution in [0.4, 0.5) is 16.0 Å². The van der Waals surface area contributed by atoms with Crippen molar-refractivity contribution in [3.63, 3.8) is 0 Å². The zero-order valence-corrected chi connectivity index (χ0v) is 34.1. The number of aryl methyl sites for hydroxylation is 1. The number of halogens is 1. The van der Waals surface area contributed by atoms with Gasteiger partial charge in [0.1, 0.15) is 5.69 Å². The van der Waals surface area contributed by atoms with Gasteiger partial charge < -0.3 is 15.1 Å². The van der Waals surface area contributed by atoms with Crippen molar-refractivity contribution in [3.05, 3.63) is 130 Å². The number of anilines is 2. The smallest absolute Gasteiger partial charge is 0.255 e. The fraction of sp³-hybridized carbons (Fsp3) is 0.340. The Balaban J connectivity index is 0.753. The quantitative estimate of drug-likeness (QED) is 0.144. The number of pyridine rings is 1. The fourth-order valence-corrected chi connectivity index (χ4v) is 9.16. The average molecular weight is 822 g/mol. The summed E-state index contributed by atoms with van der Waals surface area (Å²) in [5.74, 6) is -0.281. The van der Waals surface area contributed by atoms with Gasteiger partial charge in [-0.15, -0.1) is 0 Å². The van der Waals surface area contributed by atoms with E-state index in [-0.39, 0.29) is 34.9 Å². The van der Waals surface area contributed by atoms with Gasteiger partial charge in [-0.1, -0.05) is 36.4 Å². The summed E-state index contributed by atoms with van der Waals surface area (Å²) in [6.45, 7) is 4.57. The molecule has 2 N–H and O–H groups in total. The highest BCUT2D eigenvalue weighted by Crippen LogP contribution is 2.35. The Bertz CT molecular complexity index is 2680. The van der Waals surface area contributed by atoms with E-state index in [1.807, 2.05) is 34.8 Å². The van der Waals surface area contributed by atoms with Crippen molar-refractivity contribution >= 4 is 40.3 Å². The molecule has 1 unspecified atom stereocenters. The highest BCUT2D eigenvalue weighted by atomic mass is 19.1. The summed E-state index contributed by atoms with van der Waals surface area (Å²) >= 11 is 0. The summed E-state index contributed by atoms with van der Waals surface area (Å²) in [4.78, 5) is 63.4. The molecular weight excluding hydrogens is 774 g/mol. The van der Waals surface area contributed by atoms with Crippen LogP contribution in [-0.4, -0.2) is 84.6 Å². The summed E-state index contributed by atoms with van der Waals surface area (Å²) in [6.07, 6.45) is 8.82. The summed E-state index contributed by atoms with van der Waals surface area (Å²) in [6, 6.07) is 25.6. The zero-order valence-electron chi connectivity index (χ0n) is 34.1. The predicted octanol–water partition coefficient (Wildman–Crippen LogP) is 6.71. The number of nitrogens with zero attached hydrogens (tertiary/aromatic N) is 7. The maximum absolute atomic E-state index is 15.0. The van der Waals surface area contributed by atoms with Crippen LogP contribution in [-0.2, 0) is 16.6 Å². The molecule has 312 valence electrons. The van der Waals surface area contributed by atoms with Crippen molar-refractivity contribution in [2.24, 2.45) is 13.0 Å². The van der Waals surface area contributed by atoms with Crippen LogP contribution in [0.15, 0.2) is 102 Å². The van der Waals surface area contributed by atoms with E-state index in [1.165, 1.54) is 16.2 Å². The number of amides is 3. The summed E-state index contributed by atoms with van der Waals surface area (Å²) in [5, 5.41) is 11.3. The van der Waals surface area contributed by atoms with Gasteiger partial charge in [0.15, 0.2) is 5.82 Å². The molecule has 14 heteroatoms. The molecule has 61 heavy (non-hydrogen) atoms. The van der Waals surface area contributed by atoms with Crippen molar-refractivity contribution in [1.29, 1.82) is 0 Å². The molecule has 0 radical (unpaired) electrons.